The number of amides is 1. The minimum Gasteiger partial charge on any atom is -0.457 e. The summed E-state index contributed by atoms with van der Waals surface area (Å²) in [7, 11) is 0. The number of alkyl halides is 3. The van der Waals surface area contributed by atoms with Crippen molar-refractivity contribution in [1.29, 1.82) is 0 Å². The largest absolute Gasteiger partial charge is 0.457 e. The van der Waals surface area contributed by atoms with Gasteiger partial charge in [0.05, 0.1) is 11.3 Å². The molecule has 0 bridgehead atoms. The number of hydrogen-bond donors (Lipinski definition) is 1. The maximum atomic E-state index is 12.5. The Balaban J connectivity index is 1.73. The van der Waals surface area contributed by atoms with Crippen LogP contribution < -0.4 is 10.5 Å². The van der Waals surface area contributed by atoms with Gasteiger partial charge in [0.15, 0.2) is 0 Å². The van der Waals surface area contributed by atoms with E-state index >= 15 is 0 Å². The number of ether oxygens (including phenoxy) is 1. The molecule has 3 rings (SSSR count). The van der Waals surface area contributed by atoms with E-state index in [9.17, 15) is 18.0 Å². The molecular weight excluding hydrogens is 335 g/mol. The molecule has 0 aliphatic rings. The molecular formula is C17H12F3N3O2. The van der Waals surface area contributed by atoms with E-state index < -0.39 is 17.8 Å². The number of nitrogens with zero attached hydrogens (tertiary/aromatic N) is 2. The molecule has 0 spiro atoms. The zero-order valence-electron chi connectivity index (χ0n) is 12.7. The summed E-state index contributed by atoms with van der Waals surface area (Å²) in [4.78, 5) is 11.0. The number of benzene rings is 2. The van der Waals surface area contributed by atoms with Gasteiger partial charge in [-0.15, -0.1) is 0 Å². The number of rotatable bonds is 3. The molecule has 0 fully saturated rings. The fraction of sp³-hybridized carbons (Fsp3) is 0.0588. The first-order chi connectivity index (χ1) is 11.8. The lowest BCUT2D eigenvalue weighted by Gasteiger charge is -2.09. The molecule has 0 radical (unpaired) electrons. The van der Waals surface area contributed by atoms with Gasteiger partial charge in [-0.1, -0.05) is 0 Å². The van der Waals surface area contributed by atoms with Crippen molar-refractivity contribution in [3.8, 4) is 22.8 Å². The van der Waals surface area contributed by atoms with Crippen molar-refractivity contribution in [3.05, 3.63) is 66.4 Å². The lowest BCUT2D eigenvalue weighted by molar-refractivity contribution is -0.137. The summed E-state index contributed by atoms with van der Waals surface area (Å²) in [6, 6.07) is 12.1. The van der Waals surface area contributed by atoms with Crippen molar-refractivity contribution in [2.24, 2.45) is 5.73 Å². The summed E-state index contributed by atoms with van der Waals surface area (Å²) >= 11 is 0. The molecule has 0 atom stereocenters. The molecule has 2 N–H and O–H groups in total. The molecule has 8 heteroatoms. The molecule has 128 valence electrons. The number of nitrogens with two attached hydrogens (primary N) is 1. The lowest BCUT2D eigenvalue weighted by atomic mass is 10.1. The van der Waals surface area contributed by atoms with E-state index in [4.69, 9.17) is 10.5 Å². The normalized spacial score (nSPS) is 11.3. The van der Waals surface area contributed by atoms with Gasteiger partial charge >= 0.3 is 12.2 Å². The number of hydrogen-bond acceptors (Lipinski definition) is 3. The second kappa shape index (κ2) is 6.31. The molecule has 0 unspecified atom stereocenters. The lowest BCUT2D eigenvalue weighted by Crippen LogP contribution is -2.19. The number of carbonyl (C=O) groups is 1. The van der Waals surface area contributed by atoms with Crippen LogP contribution >= 0.6 is 0 Å². The molecule has 1 aromatic heterocycles. The van der Waals surface area contributed by atoms with Crippen LogP contribution in [0.15, 0.2) is 60.8 Å². The van der Waals surface area contributed by atoms with Gasteiger partial charge in [0.1, 0.15) is 11.5 Å². The molecule has 0 saturated carbocycles. The molecule has 5 nitrogen and oxygen atoms in total. The number of aromatic nitrogens is 2. The third kappa shape index (κ3) is 3.79. The summed E-state index contributed by atoms with van der Waals surface area (Å²) < 4.78 is 44.1. The highest BCUT2D eigenvalue weighted by molar-refractivity contribution is 5.74. The Morgan fingerprint density at radius 1 is 0.960 bits per heavy atom. The van der Waals surface area contributed by atoms with E-state index in [1.165, 1.54) is 18.3 Å². The monoisotopic (exact) mass is 347 g/mol. The highest BCUT2D eigenvalue weighted by Gasteiger charge is 2.30. The van der Waals surface area contributed by atoms with Gasteiger partial charge in [-0.3, -0.25) is 0 Å². The van der Waals surface area contributed by atoms with E-state index in [-0.39, 0.29) is 0 Å². The fourth-order valence-corrected chi connectivity index (χ4v) is 2.14. The average Bonchev–Trinajstić information content (AvgIpc) is 3.05. The predicted molar refractivity (Wildman–Crippen MR) is 84.2 cm³/mol. The van der Waals surface area contributed by atoms with Crippen molar-refractivity contribution in [2.75, 3.05) is 0 Å². The van der Waals surface area contributed by atoms with Gasteiger partial charge < -0.3 is 10.5 Å². The Morgan fingerprint density at radius 2 is 1.52 bits per heavy atom. The summed E-state index contributed by atoms with van der Waals surface area (Å²) in [5.41, 5.74) is 5.68. The Bertz CT molecular complexity index is 885. The van der Waals surface area contributed by atoms with Crippen LogP contribution in [0.3, 0.4) is 0 Å². The van der Waals surface area contributed by atoms with Gasteiger partial charge in [0.2, 0.25) is 0 Å². The first-order valence-electron chi connectivity index (χ1n) is 7.14. The van der Waals surface area contributed by atoms with Crippen LogP contribution in [-0.2, 0) is 6.18 Å². The number of primary amides is 1. The van der Waals surface area contributed by atoms with Gasteiger partial charge in [0, 0.05) is 11.8 Å². The van der Waals surface area contributed by atoms with Crippen LogP contribution in [0, 0.1) is 0 Å². The van der Waals surface area contributed by atoms with Gasteiger partial charge in [-0.2, -0.15) is 23.0 Å². The zero-order valence-corrected chi connectivity index (χ0v) is 12.7. The van der Waals surface area contributed by atoms with E-state index in [0.29, 0.717) is 17.2 Å². The summed E-state index contributed by atoms with van der Waals surface area (Å²) in [5.74, 6) is 0.747. The van der Waals surface area contributed by atoms with E-state index in [0.717, 1.165) is 22.4 Å². The number of halogens is 3. The van der Waals surface area contributed by atoms with Crippen LogP contribution in [0.1, 0.15) is 5.56 Å². The first-order valence-corrected chi connectivity index (χ1v) is 7.14. The molecule has 2 aromatic carbocycles. The van der Waals surface area contributed by atoms with E-state index in [1.54, 1.807) is 30.3 Å². The Labute approximate surface area is 140 Å². The smallest absolute Gasteiger partial charge is 0.416 e. The van der Waals surface area contributed by atoms with Crippen molar-refractivity contribution < 1.29 is 22.7 Å². The van der Waals surface area contributed by atoms with Crippen molar-refractivity contribution in [2.45, 2.75) is 6.18 Å². The third-order valence-electron chi connectivity index (χ3n) is 3.38. The van der Waals surface area contributed by atoms with E-state index in [1.807, 2.05) is 0 Å². The van der Waals surface area contributed by atoms with Crippen molar-refractivity contribution >= 4 is 6.03 Å². The molecule has 0 aliphatic heterocycles. The topological polar surface area (TPSA) is 70.1 Å². The Morgan fingerprint density at radius 3 is 2.00 bits per heavy atom. The van der Waals surface area contributed by atoms with Gasteiger partial charge in [0.25, 0.3) is 0 Å². The average molecular weight is 347 g/mol. The first kappa shape index (κ1) is 16.6. The molecule has 3 aromatic rings. The standard InChI is InChI=1S/C17H12F3N3O2/c18-17(19,20)12-3-7-14(8-4-12)25-13-5-1-11(2-6-13)15-9-10-23(22-15)16(21)24/h1-10H,(H2,21,24). The molecule has 0 aliphatic carbocycles. The quantitative estimate of drug-likeness (QED) is 0.768. The van der Waals surface area contributed by atoms with Crippen molar-refractivity contribution in [3.63, 3.8) is 0 Å². The van der Waals surface area contributed by atoms with Crippen LogP contribution in [0.25, 0.3) is 11.3 Å². The maximum Gasteiger partial charge on any atom is 0.416 e. The van der Waals surface area contributed by atoms with Crippen LogP contribution in [0.4, 0.5) is 18.0 Å². The van der Waals surface area contributed by atoms with Gasteiger partial charge in [-0.05, 0) is 54.6 Å². The Kier molecular flexibility index (Phi) is 4.18. The second-order valence-electron chi connectivity index (χ2n) is 5.13. The molecule has 25 heavy (non-hydrogen) atoms. The highest BCUT2D eigenvalue weighted by atomic mass is 19.4. The van der Waals surface area contributed by atoms with E-state index in [2.05, 4.69) is 5.10 Å². The zero-order chi connectivity index (χ0) is 18.0. The SMILES string of the molecule is NC(=O)n1ccc(-c2ccc(Oc3ccc(C(F)(F)F)cc3)cc2)n1. The summed E-state index contributed by atoms with van der Waals surface area (Å²) in [6.45, 7) is 0. The predicted octanol–water partition coefficient (Wildman–Crippen LogP) is 4.29. The van der Waals surface area contributed by atoms with Crippen LogP contribution in [0.5, 0.6) is 11.5 Å². The minimum absolute atomic E-state index is 0.291. The third-order valence-corrected chi connectivity index (χ3v) is 3.38. The fourth-order valence-electron chi connectivity index (χ4n) is 2.14. The highest BCUT2D eigenvalue weighted by Crippen LogP contribution is 2.31. The minimum atomic E-state index is -4.38. The maximum absolute atomic E-state index is 12.5. The summed E-state index contributed by atoms with van der Waals surface area (Å²) in [5, 5.41) is 4.02. The second-order valence-corrected chi connectivity index (χ2v) is 5.13. The molecule has 1 heterocycles. The van der Waals surface area contributed by atoms with Gasteiger partial charge in [-0.25, -0.2) is 4.79 Å². The molecule has 0 saturated heterocycles. The molecule has 1 amide bonds. The van der Waals surface area contributed by atoms with Crippen LogP contribution in [-0.4, -0.2) is 15.8 Å². The summed E-state index contributed by atoms with van der Waals surface area (Å²) in [6.07, 6.45) is -2.93. The van der Waals surface area contributed by atoms with Crippen molar-refractivity contribution in [1.82, 2.24) is 9.78 Å². The number of carbonyl (C=O) groups excluding carboxylic acids is 1. The Hall–Kier alpha value is -3.29. The van der Waals surface area contributed by atoms with Crippen LogP contribution in [0.2, 0.25) is 0 Å².